The number of rotatable bonds is 8. The Hall–Kier alpha value is -0.220. The molecule has 0 aromatic heterocycles. The summed E-state index contributed by atoms with van der Waals surface area (Å²) in [5, 5.41) is 0. The number of hydrogen-bond donors (Lipinski definition) is 0. The third-order valence-corrected chi connectivity index (χ3v) is 2.74. The Morgan fingerprint density at radius 2 is 1.12 bits per heavy atom. The first kappa shape index (κ1) is 16.8. The Bertz CT molecular complexity index is 371. The Morgan fingerprint density at radius 1 is 0.824 bits per heavy atom. The van der Waals surface area contributed by atoms with Gasteiger partial charge in [-0.2, -0.15) is 16.8 Å². The molecule has 0 aliphatic carbocycles. The average Bonchev–Trinajstić information content (AvgIpc) is 1.95. The van der Waals surface area contributed by atoms with E-state index in [1.54, 1.807) is 0 Å². The maximum absolute atomic E-state index is 10.7. The largest absolute Gasteiger partial charge is 0.376 e. The van der Waals surface area contributed by atoms with Crippen LogP contribution in [0.5, 0.6) is 0 Å². The molecule has 0 N–H and O–H groups in total. The molecule has 7 nitrogen and oxygen atoms in total. The Labute approximate surface area is 102 Å². The van der Waals surface area contributed by atoms with E-state index >= 15 is 0 Å². The molecule has 0 radical (unpaired) electrons. The van der Waals surface area contributed by atoms with Gasteiger partial charge in [-0.05, 0) is 13.8 Å². The van der Waals surface area contributed by atoms with Crippen LogP contribution in [0, 0.1) is 0 Å². The topological polar surface area (TPSA) is 96.0 Å². The van der Waals surface area contributed by atoms with Crippen molar-refractivity contribution in [2.24, 2.45) is 0 Å². The average molecular weight is 290 g/mol. The first-order chi connectivity index (χ1) is 7.49. The minimum Gasteiger partial charge on any atom is -0.376 e. The third-order valence-electron chi connectivity index (χ3n) is 1.38. The van der Waals surface area contributed by atoms with Crippen LogP contribution in [0.1, 0.15) is 13.8 Å². The molecule has 0 spiro atoms. The molecule has 0 rings (SSSR count). The van der Waals surface area contributed by atoms with E-state index in [4.69, 9.17) is 4.74 Å². The van der Waals surface area contributed by atoms with Crippen LogP contribution in [-0.2, 0) is 33.3 Å². The van der Waals surface area contributed by atoms with E-state index in [9.17, 15) is 16.8 Å². The number of ether oxygens (including phenoxy) is 1. The van der Waals surface area contributed by atoms with Crippen molar-refractivity contribution in [3.8, 4) is 0 Å². The van der Waals surface area contributed by atoms with E-state index in [0.717, 1.165) is 12.5 Å². The molecular weight excluding hydrogens is 272 g/mol. The SMILES string of the molecule is C[C@H](COC[C@@H](C)OS(C)(=O)=O)OS(C)(=O)=O. The van der Waals surface area contributed by atoms with Gasteiger partial charge in [-0.25, -0.2) is 0 Å². The second-order valence-electron chi connectivity index (χ2n) is 3.76. The summed E-state index contributed by atoms with van der Waals surface area (Å²) in [5.41, 5.74) is 0. The first-order valence-corrected chi connectivity index (χ1v) is 8.47. The summed E-state index contributed by atoms with van der Waals surface area (Å²) >= 11 is 0. The molecule has 0 aliphatic heterocycles. The lowest BCUT2D eigenvalue weighted by Crippen LogP contribution is -2.24. The van der Waals surface area contributed by atoms with E-state index in [1.807, 2.05) is 0 Å². The molecule has 0 aliphatic rings. The van der Waals surface area contributed by atoms with Crippen LogP contribution in [0.25, 0.3) is 0 Å². The molecule has 0 amide bonds. The molecule has 0 fully saturated rings. The summed E-state index contributed by atoms with van der Waals surface area (Å²) in [6.07, 6.45) is 0.628. The number of hydrogen-bond acceptors (Lipinski definition) is 7. The van der Waals surface area contributed by atoms with Crippen molar-refractivity contribution in [3.63, 3.8) is 0 Å². The van der Waals surface area contributed by atoms with Gasteiger partial charge in [0.2, 0.25) is 0 Å². The van der Waals surface area contributed by atoms with Gasteiger partial charge >= 0.3 is 0 Å². The Morgan fingerprint density at radius 3 is 1.35 bits per heavy atom. The van der Waals surface area contributed by atoms with Crippen molar-refractivity contribution < 1.29 is 29.9 Å². The minimum atomic E-state index is -3.51. The summed E-state index contributed by atoms with van der Waals surface area (Å²) < 4.78 is 57.3. The highest BCUT2D eigenvalue weighted by atomic mass is 32.2. The van der Waals surface area contributed by atoms with Crippen molar-refractivity contribution in [1.29, 1.82) is 0 Å². The lowest BCUT2D eigenvalue weighted by molar-refractivity contribution is 0.0230. The maximum atomic E-state index is 10.7. The summed E-state index contributed by atoms with van der Waals surface area (Å²) in [7, 11) is -7.02. The molecule has 2 atom stereocenters. The van der Waals surface area contributed by atoms with Gasteiger partial charge in [-0.3, -0.25) is 8.37 Å². The Kier molecular flexibility index (Phi) is 6.56. The lowest BCUT2D eigenvalue weighted by Gasteiger charge is -2.14. The highest BCUT2D eigenvalue weighted by Crippen LogP contribution is 2.01. The van der Waals surface area contributed by atoms with Gasteiger partial charge in [0, 0.05) is 0 Å². The predicted octanol–water partition coefficient (Wildman–Crippen LogP) is -0.268. The van der Waals surface area contributed by atoms with Crippen molar-refractivity contribution in [2.75, 3.05) is 25.7 Å². The molecule has 0 bridgehead atoms. The van der Waals surface area contributed by atoms with Gasteiger partial charge < -0.3 is 4.74 Å². The van der Waals surface area contributed by atoms with Crippen LogP contribution in [-0.4, -0.2) is 54.8 Å². The van der Waals surface area contributed by atoms with E-state index < -0.39 is 32.4 Å². The van der Waals surface area contributed by atoms with Crippen LogP contribution in [0.15, 0.2) is 0 Å². The fourth-order valence-corrected chi connectivity index (χ4v) is 2.36. The molecule has 0 aromatic rings. The van der Waals surface area contributed by atoms with Crippen LogP contribution >= 0.6 is 0 Å². The second kappa shape index (κ2) is 6.64. The van der Waals surface area contributed by atoms with Crippen molar-refractivity contribution in [1.82, 2.24) is 0 Å². The highest BCUT2D eigenvalue weighted by Gasteiger charge is 2.13. The normalized spacial score (nSPS) is 16.7. The summed E-state index contributed by atoms with van der Waals surface area (Å²) in [5.74, 6) is 0. The lowest BCUT2D eigenvalue weighted by atomic mass is 10.4. The molecular formula is C8H18O7S2. The summed E-state index contributed by atoms with van der Waals surface area (Å²) in [6, 6.07) is 0. The van der Waals surface area contributed by atoms with Gasteiger partial charge in [-0.1, -0.05) is 0 Å². The van der Waals surface area contributed by atoms with E-state index in [2.05, 4.69) is 8.37 Å². The van der Waals surface area contributed by atoms with Gasteiger partial charge in [0.1, 0.15) is 0 Å². The quantitative estimate of drug-likeness (QED) is 0.568. The first-order valence-electron chi connectivity index (χ1n) is 4.84. The van der Waals surface area contributed by atoms with Gasteiger partial charge in [0.25, 0.3) is 20.2 Å². The molecule has 0 unspecified atom stereocenters. The fourth-order valence-electron chi connectivity index (χ4n) is 1.05. The predicted molar refractivity (Wildman–Crippen MR) is 61.6 cm³/mol. The van der Waals surface area contributed by atoms with Crippen molar-refractivity contribution >= 4 is 20.2 Å². The molecule has 0 saturated carbocycles. The second-order valence-corrected chi connectivity index (χ2v) is 6.96. The van der Waals surface area contributed by atoms with Crippen LogP contribution in [0.4, 0.5) is 0 Å². The Balaban J connectivity index is 3.85. The smallest absolute Gasteiger partial charge is 0.264 e. The summed E-state index contributed by atoms with van der Waals surface area (Å²) in [6.45, 7) is 3.13. The summed E-state index contributed by atoms with van der Waals surface area (Å²) in [4.78, 5) is 0. The van der Waals surface area contributed by atoms with E-state index in [-0.39, 0.29) is 13.2 Å². The highest BCUT2D eigenvalue weighted by molar-refractivity contribution is 7.86. The van der Waals surface area contributed by atoms with E-state index in [0.29, 0.717) is 0 Å². The molecule has 17 heavy (non-hydrogen) atoms. The standard InChI is InChI=1S/C8H18O7S2/c1-7(14-16(3,9)10)5-13-6-8(2)15-17(4,11)12/h7-8H,5-6H2,1-4H3/t7-,8-/m1/s1. The maximum Gasteiger partial charge on any atom is 0.264 e. The third kappa shape index (κ3) is 12.0. The molecule has 104 valence electrons. The van der Waals surface area contributed by atoms with Gasteiger partial charge in [0.05, 0.1) is 37.9 Å². The van der Waals surface area contributed by atoms with Crippen LogP contribution in [0.2, 0.25) is 0 Å². The zero-order chi connectivity index (χ0) is 13.7. The van der Waals surface area contributed by atoms with Crippen molar-refractivity contribution in [3.05, 3.63) is 0 Å². The van der Waals surface area contributed by atoms with Crippen LogP contribution in [0.3, 0.4) is 0 Å². The van der Waals surface area contributed by atoms with Gasteiger partial charge in [-0.15, -0.1) is 0 Å². The van der Waals surface area contributed by atoms with E-state index in [1.165, 1.54) is 13.8 Å². The molecule has 0 saturated heterocycles. The zero-order valence-electron chi connectivity index (χ0n) is 10.2. The zero-order valence-corrected chi connectivity index (χ0v) is 11.9. The fraction of sp³-hybridized carbons (Fsp3) is 1.00. The monoisotopic (exact) mass is 290 g/mol. The molecule has 9 heteroatoms. The van der Waals surface area contributed by atoms with Crippen molar-refractivity contribution in [2.45, 2.75) is 26.1 Å². The van der Waals surface area contributed by atoms with Gasteiger partial charge in [0.15, 0.2) is 0 Å². The van der Waals surface area contributed by atoms with Crippen LogP contribution < -0.4 is 0 Å². The minimum absolute atomic E-state index is 0.0323. The molecule has 0 aromatic carbocycles. The molecule has 0 heterocycles.